The number of rotatable bonds is 0. The van der Waals surface area contributed by atoms with Crippen LogP contribution in [0.25, 0.3) is 0 Å². The third-order valence-electron chi connectivity index (χ3n) is 3.99. The third-order valence-corrected chi connectivity index (χ3v) is 3.99. The Morgan fingerprint density at radius 3 is 2.71 bits per heavy atom. The first-order valence-corrected chi connectivity index (χ1v) is 5.60. The van der Waals surface area contributed by atoms with Crippen molar-refractivity contribution in [2.45, 2.75) is 57.2 Å². The lowest BCUT2D eigenvalue weighted by molar-refractivity contribution is -0.160. The summed E-state index contributed by atoms with van der Waals surface area (Å²) in [5, 5.41) is 9.77. The van der Waals surface area contributed by atoms with E-state index in [9.17, 15) is 5.11 Å². The molecular weight excluding hydrogens is 180 g/mol. The van der Waals surface area contributed by atoms with Crippen molar-refractivity contribution in [3.8, 4) is 0 Å². The standard InChI is InChI=1S/C11H18O3/c1-11(2)13-9-5-7-6(10(9)14-11)3-4-8(7)12/h6-10,12H,3-5H2,1-2H3/t6-,7-,8+,9-,10+/m1/s1. The Kier molecular flexibility index (Phi) is 1.77. The minimum Gasteiger partial charge on any atom is -0.393 e. The Balaban J connectivity index is 1.80. The summed E-state index contributed by atoms with van der Waals surface area (Å²) in [6.07, 6.45) is 3.40. The highest BCUT2D eigenvalue weighted by molar-refractivity contribution is 5.03. The maximum Gasteiger partial charge on any atom is 0.163 e. The molecule has 3 fully saturated rings. The van der Waals surface area contributed by atoms with Crippen molar-refractivity contribution in [2.24, 2.45) is 11.8 Å². The fraction of sp³-hybridized carbons (Fsp3) is 1.00. The fourth-order valence-corrected chi connectivity index (χ4v) is 3.49. The summed E-state index contributed by atoms with van der Waals surface area (Å²) in [5.74, 6) is 0.561. The molecule has 0 bridgehead atoms. The quantitative estimate of drug-likeness (QED) is 0.637. The Morgan fingerprint density at radius 1 is 1.14 bits per heavy atom. The number of ether oxygens (including phenoxy) is 2. The highest BCUT2D eigenvalue weighted by atomic mass is 16.8. The summed E-state index contributed by atoms with van der Waals surface area (Å²) in [7, 11) is 0. The van der Waals surface area contributed by atoms with Crippen molar-refractivity contribution < 1.29 is 14.6 Å². The molecule has 1 saturated heterocycles. The van der Waals surface area contributed by atoms with Gasteiger partial charge in [-0.2, -0.15) is 0 Å². The molecule has 1 N–H and O–H groups in total. The van der Waals surface area contributed by atoms with Crippen LogP contribution in [0.4, 0.5) is 0 Å². The molecule has 0 aromatic rings. The van der Waals surface area contributed by atoms with E-state index in [0.717, 1.165) is 19.3 Å². The summed E-state index contributed by atoms with van der Waals surface area (Å²) in [6, 6.07) is 0. The SMILES string of the molecule is CC1(C)O[C@H]2[C@@H]3CC[C@H](O)[C@@H]3C[C@H]2O1. The molecule has 2 aliphatic carbocycles. The van der Waals surface area contributed by atoms with Crippen LogP contribution in [0.3, 0.4) is 0 Å². The largest absolute Gasteiger partial charge is 0.393 e. The minimum absolute atomic E-state index is 0.110. The van der Waals surface area contributed by atoms with Crippen LogP contribution in [0.15, 0.2) is 0 Å². The Labute approximate surface area is 84.4 Å². The van der Waals surface area contributed by atoms with Crippen LogP contribution in [0, 0.1) is 11.8 Å². The van der Waals surface area contributed by atoms with Crippen LogP contribution < -0.4 is 0 Å². The normalized spacial score (nSPS) is 54.6. The minimum atomic E-state index is -0.409. The predicted octanol–water partition coefficient (Wildman–Crippen LogP) is 1.30. The smallest absolute Gasteiger partial charge is 0.163 e. The van der Waals surface area contributed by atoms with E-state index in [4.69, 9.17) is 9.47 Å². The van der Waals surface area contributed by atoms with E-state index in [1.807, 2.05) is 13.8 Å². The first-order chi connectivity index (χ1) is 6.57. The van der Waals surface area contributed by atoms with Crippen LogP contribution in [-0.2, 0) is 9.47 Å². The lowest BCUT2D eigenvalue weighted by atomic mass is 9.98. The van der Waals surface area contributed by atoms with Crippen molar-refractivity contribution in [3.63, 3.8) is 0 Å². The van der Waals surface area contributed by atoms with Crippen molar-refractivity contribution in [1.29, 1.82) is 0 Å². The van der Waals surface area contributed by atoms with E-state index >= 15 is 0 Å². The van der Waals surface area contributed by atoms with Gasteiger partial charge in [-0.05, 0) is 44.9 Å². The highest BCUT2D eigenvalue weighted by Gasteiger charge is 2.56. The van der Waals surface area contributed by atoms with E-state index in [2.05, 4.69) is 0 Å². The van der Waals surface area contributed by atoms with Gasteiger partial charge in [0, 0.05) is 0 Å². The molecule has 0 amide bonds. The lowest BCUT2D eigenvalue weighted by Crippen LogP contribution is -2.27. The summed E-state index contributed by atoms with van der Waals surface area (Å²) < 4.78 is 11.7. The molecule has 14 heavy (non-hydrogen) atoms. The van der Waals surface area contributed by atoms with Gasteiger partial charge >= 0.3 is 0 Å². The molecular formula is C11H18O3. The molecule has 3 nitrogen and oxygen atoms in total. The lowest BCUT2D eigenvalue weighted by Gasteiger charge is -2.22. The second-order valence-electron chi connectivity index (χ2n) is 5.35. The van der Waals surface area contributed by atoms with E-state index in [1.165, 1.54) is 0 Å². The zero-order valence-electron chi connectivity index (χ0n) is 8.77. The molecule has 1 aliphatic heterocycles. The van der Waals surface area contributed by atoms with E-state index in [0.29, 0.717) is 11.8 Å². The fourth-order valence-electron chi connectivity index (χ4n) is 3.49. The van der Waals surface area contributed by atoms with Gasteiger partial charge in [-0.25, -0.2) is 0 Å². The monoisotopic (exact) mass is 198 g/mol. The van der Waals surface area contributed by atoms with Gasteiger partial charge in [0.05, 0.1) is 18.3 Å². The zero-order valence-corrected chi connectivity index (χ0v) is 8.77. The van der Waals surface area contributed by atoms with Crippen molar-refractivity contribution >= 4 is 0 Å². The molecule has 0 spiro atoms. The first kappa shape index (κ1) is 9.13. The number of aliphatic hydroxyl groups excluding tert-OH is 1. The molecule has 3 rings (SSSR count). The van der Waals surface area contributed by atoms with E-state index in [-0.39, 0.29) is 18.3 Å². The molecule has 80 valence electrons. The number of hydrogen-bond donors (Lipinski definition) is 1. The van der Waals surface area contributed by atoms with Crippen molar-refractivity contribution in [2.75, 3.05) is 0 Å². The van der Waals surface area contributed by atoms with Crippen molar-refractivity contribution in [1.82, 2.24) is 0 Å². The Bertz CT molecular complexity index is 251. The highest BCUT2D eigenvalue weighted by Crippen LogP contribution is 2.51. The maximum atomic E-state index is 9.77. The van der Waals surface area contributed by atoms with Crippen LogP contribution in [0.1, 0.15) is 33.1 Å². The summed E-state index contributed by atoms with van der Waals surface area (Å²) in [6.45, 7) is 3.96. The molecule has 0 radical (unpaired) electrons. The van der Waals surface area contributed by atoms with Gasteiger partial charge in [-0.3, -0.25) is 0 Å². The van der Waals surface area contributed by atoms with Crippen molar-refractivity contribution in [3.05, 3.63) is 0 Å². The number of fused-ring (bicyclic) bond motifs is 3. The molecule has 0 aromatic heterocycles. The van der Waals surface area contributed by atoms with Gasteiger partial charge in [0.2, 0.25) is 0 Å². The Morgan fingerprint density at radius 2 is 1.93 bits per heavy atom. The van der Waals surface area contributed by atoms with Gasteiger partial charge < -0.3 is 14.6 Å². The number of hydrogen-bond acceptors (Lipinski definition) is 3. The van der Waals surface area contributed by atoms with Gasteiger partial charge in [0.1, 0.15) is 0 Å². The van der Waals surface area contributed by atoms with Crippen LogP contribution >= 0.6 is 0 Å². The van der Waals surface area contributed by atoms with Crippen LogP contribution in [0.2, 0.25) is 0 Å². The number of aliphatic hydroxyl groups is 1. The topological polar surface area (TPSA) is 38.7 Å². The van der Waals surface area contributed by atoms with Gasteiger partial charge in [0.15, 0.2) is 5.79 Å². The predicted molar refractivity (Wildman–Crippen MR) is 50.7 cm³/mol. The summed E-state index contributed by atoms with van der Waals surface area (Å²) >= 11 is 0. The van der Waals surface area contributed by atoms with E-state index in [1.54, 1.807) is 0 Å². The van der Waals surface area contributed by atoms with Gasteiger partial charge in [-0.15, -0.1) is 0 Å². The van der Waals surface area contributed by atoms with Gasteiger partial charge in [-0.1, -0.05) is 0 Å². The third kappa shape index (κ3) is 1.16. The molecule has 3 heteroatoms. The second-order valence-corrected chi connectivity index (χ2v) is 5.35. The Hall–Kier alpha value is -0.120. The molecule has 1 heterocycles. The zero-order chi connectivity index (χ0) is 9.92. The van der Waals surface area contributed by atoms with Crippen LogP contribution in [-0.4, -0.2) is 29.2 Å². The molecule has 0 unspecified atom stereocenters. The second kappa shape index (κ2) is 2.71. The molecule has 2 saturated carbocycles. The average Bonchev–Trinajstić information content (AvgIpc) is 2.63. The van der Waals surface area contributed by atoms with E-state index < -0.39 is 5.79 Å². The van der Waals surface area contributed by atoms with Crippen LogP contribution in [0.5, 0.6) is 0 Å². The van der Waals surface area contributed by atoms with Gasteiger partial charge in [0.25, 0.3) is 0 Å². The summed E-state index contributed by atoms with van der Waals surface area (Å²) in [4.78, 5) is 0. The average molecular weight is 198 g/mol. The summed E-state index contributed by atoms with van der Waals surface area (Å²) in [5.41, 5.74) is 0. The molecule has 5 atom stereocenters. The molecule has 3 aliphatic rings. The first-order valence-electron chi connectivity index (χ1n) is 5.60. The maximum absolute atomic E-state index is 9.77. The molecule has 0 aromatic carbocycles.